The summed E-state index contributed by atoms with van der Waals surface area (Å²) in [6, 6.07) is 10.8. The summed E-state index contributed by atoms with van der Waals surface area (Å²) < 4.78 is 0. The van der Waals surface area contributed by atoms with E-state index in [1.807, 2.05) is 0 Å². The fraction of sp³-hybridized carbons (Fsp3) is 0.684. The number of hydrogen-bond donors (Lipinski definition) is 0. The third-order valence-electron chi connectivity index (χ3n) is 3.79. The average molecular weight is 274 g/mol. The molecule has 20 heavy (non-hydrogen) atoms. The van der Waals surface area contributed by atoms with Crippen molar-refractivity contribution in [3.8, 4) is 0 Å². The largest absolute Gasteiger partial charge is 0.242 e. The van der Waals surface area contributed by atoms with Crippen LogP contribution in [0.4, 0.5) is 0 Å². The molecule has 0 spiro atoms. The van der Waals surface area contributed by atoms with Crippen molar-refractivity contribution in [2.24, 2.45) is 0 Å². The molecule has 0 aromatic heterocycles. The number of unbranched alkanes of at least 4 members (excludes halogenated alkanes) is 7. The van der Waals surface area contributed by atoms with E-state index in [-0.39, 0.29) is 0 Å². The van der Waals surface area contributed by atoms with Gasteiger partial charge in [-0.1, -0.05) is 75.8 Å². The van der Waals surface area contributed by atoms with Crippen molar-refractivity contribution in [3.63, 3.8) is 0 Å². The quantitative estimate of drug-likeness (QED) is 0.430. The lowest BCUT2D eigenvalue weighted by Crippen LogP contribution is -2.08. The minimum Gasteiger partial charge on any atom is -0.242 e. The molecule has 0 saturated carbocycles. The summed E-state index contributed by atoms with van der Waals surface area (Å²) in [4.78, 5) is 0. The van der Waals surface area contributed by atoms with Gasteiger partial charge in [-0.3, -0.25) is 0 Å². The molecular formula is C19H32N. The van der Waals surface area contributed by atoms with E-state index in [1.54, 1.807) is 0 Å². The van der Waals surface area contributed by atoms with E-state index in [4.69, 9.17) is 0 Å². The smallest absolute Gasteiger partial charge is 0.0133 e. The maximum atomic E-state index is 4.64. The zero-order valence-electron chi connectivity index (χ0n) is 13.3. The van der Waals surface area contributed by atoms with E-state index < -0.39 is 0 Å². The first-order valence-corrected chi connectivity index (χ1v) is 8.60. The molecule has 0 fully saturated rings. The maximum absolute atomic E-state index is 4.64. The SMILES string of the molecule is CCCCCCCCC[N]CCCCc1ccccc1. The molecule has 1 aromatic carbocycles. The number of nitrogens with zero attached hydrogens (tertiary/aromatic N) is 1. The first-order valence-electron chi connectivity index (χ1n) is 8.60. The molecule has 1 nitrogen and oxygen atoms in total. The Hall–Kier alpha value is -0.820. The van der Waals surface area contributed by atoms with E-state index in [1.165, 1.54) is 69.8 Å². The molecule has 1 aromatic rings. The van der Waals surface area contributed by atoms with Gasteiger partial charge in [0, 0.05) is 13.1 Å². The van der Waals surface area contributed by atoms with Crippen molar-refractivity contribution >= 4 is 0 Å². The van der Waals surface area contributed by atoms with Gasteiger partial charge >= 0.3 is 0 Å². The van der Waals surface area contributed by atoms with Gasteiger partial charge in [-0.15, -0.1) is 0 Å². The van der Waals surface area contributed by atoms with Gasteiger partial charge in [0.05, 0.1) is 0 Å². The Balaban J connectivity index is 1.77. The standard InChI is InChI=1S/C19H32N/c1-2-3-4-5-6-7-12-17-20-18-13-11-16-19-14-9-8-10-15-19/h8-10,14-15H,2-7,11-13,16-18H2,1H3. The molecule has 0 heterocycles. The van der Waals surface area contributed by atoms with Crippen LogP contribution in [-0.4, -0.2) is 13.1 Å². The molecule has 0 atom stereocenters. The summed E-state index contributed by atoms with van der Waals surface area (Å²) in [5.74, 6) is 0. The third kappa shape index (κ3) is 10.0. The van der Waals surface area contributed by atoms with Gasteiger partial charge in [0.25, 0.3) is 0 Å². The molecule has 1 rings (SSSR count). The molecule has 0 amide bonds. The van der Waals surface area contributed by atoms with Gasteiger partial charge in [0.2, 0.25) is 0 Å². The third-order valence-corrected chi connectivity index (χ3v) is 3.79. The molecule has 1 radical (unpaired) electrons. The summed E-state index contributed by atoms with van der Waals surface area (Å²) in [6.07, 6.45) is 13.4. The van der Waals surface area contributed by atoms with E-state index in [0.29, 0.717) is 0 Å². The van der Waals surface area contributed by atoms with Crippen molar-refractivity contribution in [2.45, 2.75) is 71.1 Å². The molecule has 1 heteroatoms. The number of rotatable bonds is 13. The van der Waals surface area contributed by atoms with Gasteiger partial charge in [-0.05, 0) is 31.2 Å². The van der Waals surface area contributed by atoms with Crippen LogP contribution in [0.25, 0.3) is 0 Å². The highest BCUT2D eigenvalue weighted by molar-refractivity contribution is 5.14. The van der Waals surface area contributed by atoms with Crippen LogP contribution < -0.4 is 5.32 Å². The zero-order valence-corrected chi connectivity index (χ0v) is 13.3. The van der Waals surface area contributed by atoms with E-state index in [2.05, 4.69) is 42.6 Å². The van der Waals surface area contributed by atoms with Crippen LogP contribution in [-0.2, 0) is 6.42 Å². The lowest BCUT2D eigenvalue weighted by molar-refractivity contribution is 0.547. The van der Waals surface area contributed by atoms with Gasteiger partial charge < -0.3 is 0 Å². The molecule has 0 aliphatic heterocycles. The Bertz CT molecular complexity index is 294. The lowest BCUT2D eigenvalue weighted by atomic mass is 10.1. The van der Waals surface area contributed by atoms with Crippen LogP contribution in [0.5, 0.6) is 0 Å². The van der Waals surface area contributed by atoms with Crippen molar-refractivity contribution in [1.29, 1.82) is 0 Å². The van der Waals surface area contributed by atoms with Gasteiger partial charge in [0.1, 0.15) is 0 Å². The summed E-state index contributed by atoms with van der Waals surface area (Å²) in [7, 11) is 0. The second-order valence-corrected chi connectivity index (χ2v) is 5.73. The fourth-order valence-electron chi connectivity index (χ4n) is 2.49. The molecule has 0 aliphatic carbocycles. The predicted octanol–water partition coefficient (Wildman–Crippen LogP) is 5.36. The Morgan fingerprint density at radius 2 is 1.30 bits per heavy atom. The van der Waals surface area contributed by atoms with Gasteiger partial charge in [0.15, 0.2) is 0 Å². The molecule has 0 N–H and O–H groups in total. The van der Waals surface area contributed by atoms with Crippen LogP contribution in [0.15, 0.2) is 30.3 Å². The van der Waals surface area contributed by atoms with Crippen molar-refractivity contribution < 1.29 is 0 Å². The van der Waals surface area contributed by atoms with Gasteiger partial charge in [-0.25, -0.2) is 5.32 Å². The Morgan fingerprint density at radius 1 is 0.700 bits per heavy atom. The first-order chi connectivity index (χ1) is 9.93. The van der Waals surface area contributed by atoms with Crippen molar-refractivity contribution in [2.75, 3.05) is 13.1 Å². The van der Waals surface area contributed by atoms with Gasteiger partial charge in [-0.2, -0.15) is 0 Å². The Morgan fingerprint density at radius 3 is 2.00 bits per heavy atom. The minimum absolute atomic E-state index is 1.06. The molecular weight excluding hydrogens is 242 g/mol. The topological polar surface area (TPSA) is 14.1 Å². The lowest BCUT2D eigenvalue weighted by Gasteiger charge is -2.04. The molecule has 113 valence electrons. The summed E-state index contributed by atoms with van der Waals surface area (Å²) in [5.41, 5.74) is 1.46. The van der Waals surface area contributed by atoms with Crippen LogP contribution in [0, 0.1) is 0 Å². The van der Waals surface area contributed by atoms with Crippen molar-refractivity contribution in [1.82, 2.24) is 5.32 Å². The minimum atomic E-state index is 1.06. The average Bonchev–Trinajstić information content (AvgIpc) is 2.49. The van der Waals surface area contributed by atoms with Crippen LogP contribution >= 0.6 is 0 Å². The van der Waals surface area contributed by atoms with E-state index in [9.17, 15) is 0 Å². The number of aryl methyl sites for hydroxylation is 1. The molecule has 0 unspecified atom stereocenters. The Labute approximate surface area is 126 Å². The monoisotopic (exact) mass is 274 g/mol. The molecule has 0 saturated heterocycles. The van der Waals surface area contributed by atoms with Crippen LogP contribution in [0.2, 0.25) is 0 Å². The molecule has 0 aliphatic rings. The highest BCUT2D eigenvalue weighted by atomic mass is 14.8. The maximum Gasteiger partial charge on any atom is 0.0133 e. The summed E-state index contributed by atoms with van der Waals surface area (Å²) >= 11 is 0. The summed E-state index contributed by atoms with van der Waals surface area (Å²) in [6.45, 7) is 4.42. The summed E-state index contributed by atoms with van der Waals surface area (Å²) in [5, 5.41) is 4.64. The normalized spacial score (nSPS) is 10.8. The number of benzene rings is 1. The first kappa shape index (κ1) is 17.2. The second-order valence-electron chi connectivity index (χ2n) is 5.73. The van der Waals surface area contributed by atoms with Crippen LogP contribution in [0.3, 0.4) is 0 Å². The van der Waals surface area contributed by atoms with Crippen molar-refractivity contribution in [3.05, 3.63) is 35.9 Å². The van der Waals surface area contributed by atoms with E-state index >= 15 is 0 Å². The second kappa shape index (κ2) is 13.2. The van der Waals surface area contributed by atoms with Crippen LogP contribution in [0.1, 0.15) is 70.3 Å². The Kier molecular flexibility index (Phi) is 11.4. The predicted molar refractivity (Wildman–Crippen MR) is 89.2 cm³/mol. The highest BCUT2D eigenvalue weighted by Crippen LogP contribution is 2.07. The zero-order chi connectivity index (χ0) is 14.3. The molecule has 0 bridgehead atoms. The van der Waals surface area contributed by atoms with E-state index in [0.717, 1.165) is 13.1 Å². The number of hydrogen-bond acceptors (Lipinski definition) is 0. The fourth-order valence-corrected chi connectivity index (χ4v) is 2.49. The highest BCUT2D eigenvalue weighted by Gasteiger charge is 1.94.